The number of piperidine rings is 1. The van der Waals surface area contributed by atoms with Crippen LogP contribution in [0.2, 0.25) is 0 Å². The van der Waals surface area contributed by atoms with Crippen LogP contribution in [0.5, 0.6) is 0 Å². The molecule has 0 radical (unpaired) electrons. The molecule has 2 aliphatic rings. The first-order valence-electron chi connectivity index (χ1n) is 8.33. The van der Waals surface area contributed by atoms with Crippen molar-refractivity contribution in [3.63, 3.8) is 0 Å². The van der Waals surface area contributed by atoms with Gasteiger partial charge in [-0.3, -0.25) is 10.00 Å². The van der Waals surface area contributed by atoms with Gasteiger partial charge in [-0.1, -0.05) is 26.2 Å². The highest BCUT2D eigenvalue weighted by molar-refractivity contribution is 5.88. The van der Waals surface area contributed by atoms with Crippen LogP contribution in [0, 0.1) is 5.92 Å². The van der Waals surface area contributed by atoms with Crippen LogP contribution in [0.25, 0.3) is 0 Å². The molecule has 0 bridgehead atoms. The van der Waals surface area contributed by atoms with Crippen LogP contribution < -0.4 is 5.32 Å². The lowest BCUT2D eigenvalue weighted by Gasteiger charge is -2.30. The molecule has 5 heteroatoms. The molecule has 0 aromatic carbocycles. The molecule has 1 N–H and O–H groups in total. The number of rotatable bonds is 2. The molecule has 5 nitrogen and oxygen atoms in total. The summed E-state index contributed by atoms with van der Waals surface area (Å²) in [7, 11) is 0. The van der Waals surface area contributed by atoms with Crippen LogP contribution >= 0.6 is 0 Å². The lowest BCUT2D eigenvalue weighted by molar-refractivity contribution is 0.182. The third kappa shape index (κ3) is 3.57. The van der Waals surface area contributed by atoms with Crippen molar-refractivity contribution >= 4 is 11.8 Å². The van der Waals surface area contributed by atoms with E-state index in [0.717, 1.165) is 19.5 Å². The molecule has 1 aromatic rings. The maximum atomic E-state index is 12.3. The third-order valence-corrected chi connectivity index (χ3v) is 4.74. The van der Waals surface area contributed by atoms with Crippen LogP contribution in [0.1, 0.15) is 57.9 Å². The first kappa shape index (κ1) is 14.4. The first-order chi connectivity index (χ1) is 10.2. The predicted molar refractivity (Wildman–Crippen MR) is 83.3 cm³/mol. The van der Waals surface area contributed by atoms with Crippen molar-refractivity contribution in [2.75, 3.05) is 18.4 Å². The van der Waals surface area contributed by atoms with Crippen LogP contribution in [-0.4, -0.2) is 33.8 Å². The van der Waals surface area contributed by atoms with Crippen LogP contribution in [-0.2, 0) is 0 Å². The maximum absolute atomic E-state index is 12.3. The van der Waals surface area contributed by atoms with Gasteiger partial charge in [0.15, 0.2) is 5.82 Å². The standard InChI is InChI=1S/C16H26N4O/c1-13-6-5-10-19(12-13)16(21)17-15-9-11-20(18-15)14-7-3-2-4-8-14/h9,11,13-14H,2-8,10,12H2,1H3,(H,17,18,21). The van der Waals surface area contributed by atoms with Gasteiger partial charge in [-0.05, 0) is 31.6 Å². The van der Waals surface area contributed by atoms with Gasteiger partial charge < -0.3 is 4.90 Å². The molecule has 0 spiro atoms. The number of carbonyl (C=O) groups excluding carboxylic acids is 1. The molecule has 1 aliphatic carbocycles. The normalized spacial score (nSPS) is 24.0. The zero-order valence-electron chi connectivity index (χ0n) is 12.9. The second-order valence-corrected chi connectivity index (χ2v) is 6.60. The topological polar surface area (TPSA) is 50.2 Å². The van der Waals surface area contributed by atoms with Crippen molar-refractivity contribution in [3.8, 4) is 0 Å². The molecule has 1 saturated heterocycles. The highest BCUT2D eigenvalue weighted by Crippen LogP contribution is 2.28. The molecule has 2 heterocycles. The van der Waals surface area contributed by atoms with E-state index in [1.54, 1.807) is 0 Å². The summed E-state index contributed by atoms with van der Waals surface area (Å²) in [5.41, 5.74) is 0. The van der Waals surface area contributed by atoms with Crippen LogP contribution in [0.4, 0.5) is 10.6 Å². The zero-order valence-corrected chi connectivity index (χ0v) is 12.9. The Balaban J connectivity index is 1.57. The molecule has 2 amide bonds. The number of amides is 2. The Morgan fingerprint density at radius 2 is 2.05 bits per heavy atom. The van der Waals surface area contributed by atoms with Gasteiger partial charge in [0.2, 0.25) is 0 Å². The average molecular weight is 290 g/mol. The zero-order chi connectivity index (χ0) is 14.7. The first-order valence-corrected chi connectivity index (χ1v) is 8.33. The molecule has 2 fully saturated rings. The Bertz CT molecular complexity index is 478. The van der Waals surface area contributed by atoms with Gasteiger partial charge in [-0.2, -0.15) is 5.10 Å². The fourth-order valence-corrected chi connectivity index (χ4v) is 3.52. The number of anilines is 1. The molecule has 3 rings (SSSR count). The molecular formula is C16H26N4O. The molecule has 1 unspecified atom stereocenters. The third-order valence-electron chi connectivity index (χ3n) is 4.74. The summed E-state index contributed by atoms with van der Waals surface area (Å²) in [6, 6.07) is 2.43. The van der Waals surface area contributed by atoms with Gasteiger partial charge >= 0.3 is 6.03 Å². The van der Waals surface area contributed by atoms with Crippen molar-refractivity contribution in [1.82, 2.24) is 14.7 Å². The van der Waals surface area contributed by atoms with Gasteiger partial charge in [0, 0.05) is 25.4 Å². The second-order valence-electron chi connectivity index (χ2n) is 6.60. The largest absolute Gasteiger partial charge is 0.324 e. The van der Waals surface area contributed by atoms with Gasteiger partial charge in [0.25, 0.3) is 0 Å². The smallest absolute Gasteiger partial charge is 0.323 e. The van der Waals surface area contributed by atoms with Gasteiger partial charge in [-0.25, -0.2) is 4.79 Å². The van der Waals surface area contributed by atoms with E-state index >= 15 is 0 Å². The fourth-order valence-electron chi connectivity index (χ4n) is 3.52. The molecule has 1 aliphatic heterocycles. The second kappa shape index (κ2) is 6.50. The van der Waals surface area contributed by atoms with Crippen molar-refractivity contribution < 1.29 is 4.79 Å². The van der Waals surface area contributed by atoms with Crippen molar-refractivity contribution in [2.24, 2.45) is 5.92 Å². The van der Waals surface area contributed by atoms with Gasteiger partial charge in [-0.15, -0.1) is 0 Å². The van der Waals surface area contributed by atoms with Crippen LogP contribution in [0.3, 0.4) is 0 Å². The predicted octanol–water partition coefficient (Wildman–Crippen LogP) is 3.65. The van der Waals surface area contributed by atoms with E-state index in [9.17, 15) is 4.79 Å². The summed E-state index contributed by atoms with van der Waals surface area (Å²) < 4.78 is 2.04. The van der Waals surface area contributed by atoms with Crippen molar-refractivity contribution in [1.29, 1.82) is 0 Å². The minimum Gasteiger partial charge on any atom is -0.324 e. The molecule has 1 aromatic heterocycles. The van der Waals surface area contributed by atoms with Crippen molar-refractivity contribution in [2.45, 2.75) is 57.9 Å². The van der Waals surface area contributed by atoms with E-state index < -0.39 is 0 Å². The lowest BCUT2D eigenvalue weighted by Crippen LogP contribution is -2.41. The summed E-state index contributed by atoms with van der Waals surface area (Å²) >= 11 is 0. The monoisotopic (exact) mass is 290 g/mol. The van der Waals surface area contributed by atoms with Crippen LogP contribution in [0.15, 0.2) is 12.3 Å². The Kier molecular flexibility index (Phi) is 4.46. The Hall–Kier alpha value is -1.52. The lowest BCUT2D eigenvalue weighted by atomic mass is 9.96. The van der Waals surface area contributed by atoms with Gasteiger partial charge in [0.05, 0.1) is 6.04 Å². The highest BCUT2D eigenvalue weighted by atomic mass is 16.2. The Labute approximate surface area is 126 Å². The molecule has 1 saturated carbocycles. The van der Waals surface area contributed by atoms with E-state index in [1.807, 2.05) is 21.8 Å². The molecule has 1 atom stereocenters. The number of hydrogen-bond donors (Lipinski definition) is 1. The molecule has 116 valence electrons. The number of urea groups is 1. The average Bonchev–Trinajstić information content (AvgIpc) is 2.97. The summed E-state index contributed by atoms with van der Waals surface area (Å²) in [6.45, 7) is 3.92. The van der Waals surface area contributed by atoms with E-state index in [0.29, 0.717) is 17.8 Å². The summed E-state index contributed by atoms with van der Waals surface area (Å²) in [5, 5.41) is 7.49. The Morgan fingerprint density at radius 1 is 1.24 bits per heavy atom. The van der Waals surface area contributed by atoms with Gasteiger partial charge in [0.1, 0.15) is 0 Å². The highest BCUT2D eigenvalue weighted by Gasteiger charge is 2.22. The number of hydrogen-bond acceptors (Lipinski definition) is 2. The number of likely N-dealkylation sites (tertiary alicyclic amines) is 1. The number of nitrogens with one attached hydrogen (secondary N) is 1. The summed E-state index contributed by atoms with van der Waals surface area (Å²) in [5.74, 6) is 1.29. The number of nitrogens with zero attached hydrogens (tertiary/aromatic N) is 3. The summed E-state index contributed by atoms with van der Waals surface area (Å²) in [6.07, 6.45) is 10.7. The molecular weight excluding hydrogens is 264 g/mol. The number of carbonyl (C=O) groups is 1. The number of aromatic nitrogens is 2. The SMILES string of the molecule is CC1CCCN(C(=O)Nc2ccn(C3CCCCC3)n2)C1. The fraction of sp³-hybridized carbons (Fsp3) is 0.750. The Morgan fingerprint density at radius 3 is 2.81 bits per heavy atom. The minimum atomic E-state index is -0.00422. The van der Waals surface area contributed by atoms with Crippen molar-refractivity contribution in [3.05, 3.63) is 12.3 Å². The minimum absolute atomic E-state index is 0.00422. The maximum Gasteiger partial charge on any atom is 0.323 e. The van der Waals surface area contributed by atoms with E-state index in [-0.39, 0.29) is 6.03 Å². The summed E-state index contributed by atoms with van der Waals surface area (Å²) in [4.78, 5) is 14.2. The quantitative estimate of drug-likeness (QED) is 0.903. The van der Waals surface area contributed by atoms with E-state index in [2.05, 4.69) is 17.3 Å². The van der Waals surface area contributed by atoms with E-state index in [4.69, 9.17) is 0 Å². The molecule has 21 heavy (non-hydrogen) atoms. The van der Waals surface area contributed by atoms with E-state index in [1.165, 1.54) is 38.5 Å².